The second-order valence-corrected chi connectivity index (χ2v) is 6.35. The molecule has 0 saturated carbocycles. The van der Waals surface area contributed by atoms with Crippen LogP contribution in [0.2, 0.25) is 0 Å². The number of hydrogen-bond acceptors (Lipinski definition) is 3. The topological polar surface area (TPSA) is 75.2 Å². The monoisotopic (exact) mass is 350 g/mol. The van der Waals surface area contributed by atoms with Gasteiger partial charge in [0.05, 0.1) is 12.1 Å². The highest BCUT2D eigenvalue weighted by molar-refractivity contribution is 6.07. The third-order valence-electron chi connectivity index (χ3n) is 4.28. The Kier molecular flexibility index (Phi) is 4.93. The first-order chi connectivity index (χ1) is 12.5. The SMILES string of the molecule is Cc1ccc(NCC(=O)NNC(=O)c2cn(C)c3ccccc23)c(C)c1. The third-order valence-corrected chi connectivity index (χ3v) is 4.28. The molecule has 2 amide bonds. The number of nitrogens with zero attached hydrogens (tertiary/aromatic N) is 1. The summed E-state index contributed by atoms with van der Waals surface area (Å²) >= 11 is 0. The van der Waals surface area contributed by atoms with E-state index in [0.717, 1.165) is 22.2 Å². The van der Waals surface area contributed by atoms with Gasteiger partial charge in [0, 0.05) is 29.8 Å². The minimum atomic E-state index is -0.346. The molecule has 134 valence electrons. The van der Waals surface area contributed by atoms with Crippen molar-refractivity contribution in [1.29, 1.82) is 0 Å². The van der Waals surface area contributed by atoms with E-state index in [0.29, 0.717) is 5.56 Å². The Bertz CT molecular complexity index is 975. The van der Waals surface area contributed by atoms with Gasteiger partial charge in [-0.3, -0.25) is 20.4 Å². The van der Waals surface area contributed by atoms with Gasteiger partial charge in [-0.05, 0) is 31.5 Å². The molecule has 3 aromatic rings. The minimum absolute atomic E-state index is 0.0692. The van der Waals surface area contributed by atoms with E-state index in [4.69, 9.17) is 0 Å². The van der Waals surface area contributed by atoms with Crippen LogP contribution in [0.25, 0.3) is 10.9 Å². The fourth-order valence-electron chi connectivity index (χ4n) is 2.95. The number of hydrazine groups is 1. The summed E-state index contributed by atoms with van der Waals surface area (Å²) in [5.41, 5.74) is 9.52. The number of benzene rings is 2. The first-order valence-electron chi connectivity index (χ1n) is 8.40. The fourth-order valence-corrected chi connectivity index (χ4v) is 2.95. The van der Waals surface area contributed by atoms with Crippen molar-refractivity contribution >= 4 is 28.4 Å². The zero-order chi connectivity index (χ0) is 18.7. The molecule has 0 radical (unpaired) electrons. The van der Waals surface area contributed by atoms with Crippen molar-refractivity contribution in [2.24, 2.45) is 7.05 Å². The van der Waals surface area contributed by atoms with Crippen LogP contribution in [0, 0.1) is 13.8 Å². The maximum absolute atomic E-state index is 12.4. The Labute approximate surface area is 152 Å². The molecule has 0 spiro atoms. The van der Waals surface area contributed by atoms with Crippen LogP contribution < -0.4 is 16.2 Å². The van der Waals surface area contributed by atoms with Crippen LogP contribution in [0.3, 0.4) is 0 Å². The number of hydrogen-bond donors (Lipinski definition) is 3. The molecular weight excluding hydrogens is 328 g/mol. The first kappa shape index (κ1) is 17.5. The van der Waals surface area contributed by atoms with Gasteiger partial charge in [-0.15, -0.1) is 0 Å². The molecule has 0 aliphatic heterocycles. The van der Waals surface area contributed by atoms with Crippen LogP contribution in [-0.4, -0.2) is 22.9 Å². The Morgan fingerprint density at radius 2 is 1.81 bits per heavy atom. The molecule has 3 N–H and O–H groups in total. The molecule has 26 heavy (non-hydrogen) atoms. The van der Waals surface area contributed by atoms with Crippen molar-refractivity contribution in [3.05, 3.63) is 65.4 Å². The largest absolute Gasteiger partial charge is 0.376 e. The molecule has 1 heterocycles. The summed E-state index contributed by atoms with van der Waals surface area (Å²) in [6.07, 6.45) is 1.75. The molecule has 0 saturated heterocycles. The van der Waals surface area contributed by atoms with E-state index >= 15 is 0 Å². The average Bonchev–Trinajstić information content (AvgIpc) is 2.96. The molecule has 0 fully saturated rings. The normalized spacial score (nSPS) is 10.6. The van der Waals surface area contributed by atoms with Crippen molar-refractivity contribution in [3.8, 4) is 0 Å². The minimum Gasteiger partial charge on any atom is -0.376 e. The summed E-state index contributed by atoms with van der Waals surface area (Å²) in [5, 5.41) is 3.91. The molecule has 6 nitrogen and oxygen atoms in total. The number of fused-ring (bicyclic) bond motifs is 1. The van der Waals surface area contributed by atoms with E-state index in [9.17, 15) is 9.59 Å². The zero-order valence-electron chi connectivity index (χ0n) is 15.1. The van der Waals surface area contributed by atoms with Gasteiger partial charge >= 0.3 is 0 Å². The summed E-state index contributed by atoms with van der Waals surface area (Å²) in [6, 6.07) is 13.6. The summed E-state index contributed by atoms with van der Waals surface area (Å²) in [7, 11) is 1.88. The fraction of sp³-hybridized carbons (Fsp3) is 0.200. The lowest BCUT2D eigenvalue weighted by Gasteiger charge is -2.11. The highest BCUT2D eigenvalue weighted by Gasteiger charge is 2.14. The van der Waals surface area contributed by atoms with Gasteiger partial charge in [0.2, 0.25) is 0 Å². The average molecular weight is 350 g/mol. The maximum atomic E-state index is 12.4. The lowest BCUT2D eigenvalue weighted by Crippen LogP contribution is -2.44. The zero-order valence-corrected chi connectivity index (χ0v) is 15.1. The number of carbonyl (C=O) groups excluding carboxylic acids is 2. The van der Waals surface area contributed by atoms with Gasteiger partial charge in [0.25, 0.3) is 11.8 Å². The van der Waals surface area contributed by atoms with Gasteiger partial charge in [0.1, 0.15) is 0 Å². The first-order valence-corrected chi connectivity index (χ1v) is 8.40. The highest BCUT2D eigenvalue weighted by Crippen LogP contribution is 2.20. The van der Waals surface area contributed by atoms with Crippen LogP contribution in [0.4, 0.5) is 5.69 Å². The molecular formula is C20H22N4O2. The van der Waals surface area contributed by atoms with E-state index in [1.165, 1.54) is 5.56 Å². The van der Waals surface area contributed by atoms with Crippen molar-refractivity contribution < 1.29 is 9.59 Å². The van der Waals surface area contributed by atoms with Crippen LogP contribution in [0.15, 0.2) is 48.7 Å². The van der Waals surface area contributed by atoms with Gasteiger partial charge in [-0.1, -0.05) is 35.9 Å². The summed E-state index contributed by atoms with van der Waals surface area (Å²) < 4.78 is 1.88. The van der Waals surface area contributed by atoms with E-state index in [-0.39, 0.29) is 18.4 Å². The molecule has 0 atom stereocenters. The third kappa shape index (κ3) is 3.69. The Balaban J connectivity index is 1.58. The second-order valence-electron chi connectivity index (χ2n) is 6.35. The van der Waals surface area contributed by atoms with Gasteiger partial charge < -0.3 is 9.88 Å². The molecule has 0 unspecified atom stereocenters. The van der Waals surface area contributed by atoms with Crippen molar-refractivity contribution in [3.63, 3.8) is 0 Å². The van der Waals surface area contributed by atoms with Crippen LogP contribution in [0.5, 0.6) is 0 Å². The smallest absolute Gasteiger partial charge is 0.271 e. The highest BCUT2D eigenvalue weighted by atomic mass is 16.2. The molecule has 0 bridgehead atoms. The number of amides is 2. The van der Waals surface area contributed by atoms with E-state index < -0.39 is 0 Å². The van der Waals surface area contributed by atoms with Crippen LogP contribution >= 0.6 is 0 Å². The molecule has 0 aliphatic carbocycles. The second kappa shape index (κ2) is 7.31. The summed E-state index contributed by atoms with van der Waals surface area (Å²) in [4.78, 5) is 24.4. The molecule has 2 aromatic carbocycles. The van der Waals surface area contributed by atoms with E-state index in [2.05, 4.69) is 16.2 Å². The lowest BCUT2D eigenvalue weighted by atomic mass is 10.1. The Morgan fingerprint density at radius 3 is 2.58 bits per heavy atom. The van der Waals surface area contributed by atoms with Gasteiger partial charge in [-0.25, -0.2) is 0 Å². The summed E-state index contributed by atoms with van der Waals surface area (Å²) in [5.74, 6) is -0.666. The molecule has 1 aromatic heterocycles. The molecule has 6 heteroatoms. The molecule has 3 rings (SSSR count). The lowest BCUT2D eigenvalue weighted by molar-refractivity contribution is -0.120. The number of aryl methyl sites for hydroxylation is 3. The van der Waals surface area contributed by atoms with Crippen molar-refractivity contribution in [1.82, 2.24) is 15.4 Å². The van der Waals surface area contributed by atoms with Crippen LogP contribution in [0.1, 0.15) is 21.5 Å². The number of anilines is 1. The van der Waals surface area contributed by atoms with E-state index in [1.807, 2.05) is 67.9 Å². The van der Waals surface area contributed by atoms with Crippen molar-refractivity contribution in [2.45, 2.75) is 13.8 Å². The summed E-state index contributed by atoms with van der Waals surface area (Å²) in [6.45, 7) is 4.07. The number of nitrogens with one attached hydrogen (secondary N) is 3. The van der Waals surface area contributed by atoms with Gasteiger partial charge in [-0.2, -0.15) is 0 Å². The number of para-hydroxylation sites is 1. The molecule has 0 aliphatic rings. The Hall–Kier alpha value is -3.28. The quantitative estimate of drug-likeness (QED) is 0.633. The van der Waals surface area contributed by atoms with Crippen LogP contribution in [-0.2, 0) is 11.8 Å². The van der Waals surface area contributed by atoms with Crippen molar-refractivity contribution in [2.75, 3.05) is 11.9 Å². The predicted molar refractivity (Wildman–Crippen MR) is 103 cm³/mol. The number of aromatic nitrogens is 1. The maximum Gasteiger partial charge on any atom is 0.271 e. The van der Waals surface area contributed by atoms with E-state index in [1.54, 1.807) is 6.20 Å². The number of rotatable bonds is 4. The predicted octanol–water partition coefficient (Wildman–Crippen LogP) is 2.67. The number of carbonyl (C=O) groups is 2. The standard InChI is InChI=1S/C20H22N4O2/c1-13-8-9-17(14(2)10-13)21-11-19(25)22-23-20(26)16-12-24(3)18-7-5-4-6-15(16)18/h4-10,12,21H,11H2,1-3H3,(H,22,25)(H,23,26). The Morgan fingerprint density at radius 1 is 1.04 bits per heavy atom. The van der Waals surface area contributed by atoms with Gasteiger partial charge in [0.15, 0.2) is 0 Å².